The topological polar surface area (TPSA) is 17.1 Å². The first kappa shape index (κ1) is 11.5. The van der Waals surface area contributed by atoms with Crippen LogP contribution in [-0.4, -0.2) is 11.7 Å². The number of benzene rings is 1. The van der Waals surface area contributed by atoms with Gasteiger partial charge in [-0.05, 0) is 44.0 Å². The minimum absolute atomic E-state index is 0.0273. The predicted molar refractivity (Wildman–Crippen MR) is 61.9 cm³/mol. The van der Waals surface area contributed by atoms with Crippen LogP contribution in [0, 0.1) is 0 Å². The molecule has 0 aliphatic heterocycles. The van der Waals surface area contributed by atoms with Crippen LogP contribution in [0.5, 0.6) is 0 Å². The molecule has 0 heterocycles. The molecule has 70 valence electrons. The second-order valence-corrected chi connectivity index (χ2v) is 4.66. The summed E-state index contributed by atoms with van der Waals surface area (Å²) in [6.07, 6.45) is 0. The molecule has 13 heavy (non-hydrogen) atoms. The van der Waals surface area contributed by atoms with E-state index in [-0.39, 0.29) is 11.7 Å². The van der Waals surface area contributed by atoms with E-state index in [9.17, 15) is 4.79 Å². The van der Waals surface area contributed by atoms with E-state index in [1.54, 1.807) is 12.1 Å². The van der Waals surface area contributed by atoms with Crippen LogP contribution in [0.1, 0.15) is 10.4 Å². The Morgan fingerprint density at radius 3 is 2.15 bits per heavy atom. The third kappa shape index (κ3) is 2.69. The lowest BCUT2D eigenvalue weighted by Crippen LogP contribution is -2.00. The zero-order valence-electron chi connectivity index (χ0n) is 6.28. The minimum atomic E-state index is -0.125. The molecule has 0 saturated carbocycles. The van der Waals surface area contributed by atoms with Crippen molar-refractivity contribution in [3.05, 3.63) is 31.7 Å². The van der Waals surface area contributed by atoms with Crippen LogP contribution in [-0.2, 0) is 0 Å². The largest absolute Gasteiger partial charge is 0.293 e. The number of rotatable bonds is 2. The summed E-state index contributed by atoms with van der Waals surface area (Å²) in [5.41, 5.74) is 0.540. The summed E-state index contributed by atoms with van der Waals surface area (Å²) in [4.78, 5) is 11.2. The maximum Gasteiger partial charge on any atom is 0.177 e. The van der Waals surface area contributed by atoms with Crippen molar-refractivity contribution in [3.63, 3.8) is 0 Å². The average molecular weight is 347 g/mol. The van der Waals surface area contributed by atoms with Gasteiger partial charge in [0, 0.05) is 14.5 Å². The fraction of sp³-hybridized carbons (Fsp3) is 0.125. The van der Waals surface area contributed by atoms with Gasteiger partial charge in [-0.15, -0.1) is 11.6 Å². The molecule has 1 aromatic rings. The molecule has 1 nitrogen and oxygen atoms in total. The monoisotopic (exact) mass is 344 g/mol. The van der Waals surface area contributed by atoms with E-state index in [1.165, 1.54) is 0 Å². The molecular weight excluding hydrogens is 343 g/mol. The van der Waals surface area contributed by atoms with Gasteiger partial charge in [-0.2, -0.15) is 0 Å². The fourth-order valence-corrected chi connectivity index (χ4v) is 2.24. The maximum absolute atomic E-state index is 11.2. The summed E-state index contributed by atoms with van der Waals surface area (Å²) in [6.45, 7) is 0. The molecule has 0 aliphatic rings. The van der Waals surface area contributed by atoms with Crippen molar-refractivity contribution in [2.75, 3.05) is 5.88 Å². The lowest BCUT2D eigenvalue weighted by Gasteiger charge is -2.02. The smallest absolute Gasteiger partial charge is 0.177 e. The number of alkyl halides is 1. The molecule has 0 radical (unpaired) electrons. The van der Waals surface area contributed by atoms with E-state index in [4.69, 9.17) is 23.2 Å². The Hall–Kier alpha value is 0.430. The third-order valence-corrected chi connectivity index (χ3v) is 3.78. The Balaban J connectivity index is 3.20. The highest BCUT2D eigenvalue weighted by molar-refractivity contribution is 9.11. The Morgan fingerprint density at radius 2 is 1.77 bits per heavy atom. The first-order chi connectivity index (χ1) is 6.06. The van der Waals surface area contributed by atoms with Crippen LogP contribution in [0.2, 0.25) is 5.02 Å². The van der Waals surface area contributed by atoms with Crippen molar-refractivity contribution >= 4 is 60.8 Å². The summed E-state index contributed by atoms with van der Waals surface area (Å²) in [5, 5.41) is 0.547. The molecule has 0 fully saturated rings. The van der Waals surface area contributed by atoms with Gasteiger partial charge in [0.2, 0.25) is 0 Å². The molecule has 0 N–H and O–H groups in total. The first-order valence-corrected chi connectivity index (χ1v) is 5.80. The van der Waals surface area contributed by atoms with Gasteiger partial charge in [0.1, 0.15) is 0 Å². The second-order valence-electron chi connectivity index (χ2n) is 2.31. The molecule has 0 bridgehead atoms. The van der Waals surface area contributed by atoms with E-state index in [2.05, 4.69) is 31.9 Å². The van der Waals surface area contributed by atoms with Gasteiger partial charge >= 0.3 is 0 Å². The lowest BCUT2D eigenvalue weighted by molar-refractivity contribution is 0.102. The van der Waals surface area contributed by atoms with Gasteiger partial charge in [-0.1, -0.05) is 11.6 Å². The van der Waals surface area contributed by atoms with Gasteiger partial charge in [-0.25, -0.2) is 0 Å². The van der Waals surface area contributed by atoms with Crippen molar-refractivity contribution < 1.29 is 4.79 Å². The zero-order valence-corrected chi connectivity index (χ0v) is 11.0. The Kier molecular flexibility index (Phi) is 4.23. The Bertz CT molecular complexity index is 329. The number of carbonyl (C=O) groups is 1. The molecule has 0 aliphatic carbocycles. The number of carbonyl (C=O) groups excluding carboxylic acids is 1. The number of ketones is 1. The normalized spacial score (nSPS) is 10.2. The van der Waals surface area contributed by atoms with Gasteiger partial charge in [-0.3, -0.25) is 4.79 Å². The second kappa shape index (κ2) is 4.78. The average Bonchev–Trinajstić information content (AvgIpc) is 2.12. The number of hydrogen-bond acceptors (Lipinski definition) is 1. The van der Waals surface area contributed by atoms with Crippen LogP contribution in [0.25, 0.3) is 0 Å². The molecule has 0 saturated heterocycles. The highest BCUT2D eigenvalue weighted by Crippen LogP contribution is 2.31. The number of hydrogen-bond donors (Lipinski definition) is 0. The molecule has 0 unspecified atom stereocenters. The fourth-order valence-electron chi connectivity index (χ4n) is 0.794. The Morgan fingerprint density at radius 1 is 1.31 bits per heavy atom. The van der Waals surface area contributed by atoms with E-state index in [0.717, 1.165) is 0 Å². The van der Waals surface area contributed by atoms with Crippen LogP contribution >= 0.6 is 55.1 Å². The number of Topliss-reactive ketones (excluding diaryl/α,β-unsaturated/α-hetero) is 1. The molecule has 1 rings (SSSR count). The summed E-state index contributed by atoms with van der Waals surface area (Å²) < 4.78 is 1.36. The molecule has 0 atom stereocenters. The van der Waals surface area contributed by atoms with Gasteiger partial charge in [0.05, 0.1) is 10.9 Å². The standard InChI is InChI=1S/C8H4Br2Cl2O/c9-5-1-4(7(13)3-11)2-6(10)8(5)12/h1-2H,3H2. The SMILES string of the molecule is O=C(CCl)c1cc(Br)c(Cl)c(Br)c1. The minimum Gasteiger partial charge on any atom is -0.293 e. The van der Waals surface area contributed by atoms with Gasteiger partial charge in [0.15, 0.2) is 5.78 Å². The number of halogens is 4. The zero-order chi connectivity index (χ0) is 10.0. The maximum atomic E-state index is 11.2. The van der Waals surface area contributed by atoms with Gasteiger partial charge < -0.3 is 0 Å². The summed E-state index contributed by atoms with van der Waals surface area (Å²) in [5.74, 6) is -0.153. The van der Waals surface area contributed by atoms with Crippen molar-refractivity contribution in [2.45, 2.75) is 0 Å². The highest BCUT2D eigenvalue weighted by atomic mass is 79.9. The van der Waals surface area contributed by atoms with Gasteiger partial charge in [0.25, 0.3) is 0 Å². The summed E-state index contributed by atoms with van der Waals surface area (Å²) in [7, 11) is 0. The van der Waals surface area contributed by atoms with E-state index in [0.29, 0.717) is 19.5 Å². The van der Waals surface area contributed by atoms with Crippen LogP contribution in [0.3, 0.4) is 0 Å². The van der Waals surface area contributed by atoms with E-state index in [1.807, 2.05) is 0 Å². The highest BCUT2D eigenvalue weighted by Gasteiger charge is 2.09. The molecule has 0 aromatic heterocycles. The molecule has 1 aromatic carbocycles. The third-order valence-electron chi connectivity index (χ3n) is 1.43. The summed E-state index contributed by atoms with van der Waals surface area (Å²) >= 11 is 17.8. The molecule has 0 spiro atoms. The van der Waals surface area contributed by atoms with Crippen LogP contribution < -0.4 is 0 Å². The van der Waals surface area contributed by atoms with E-state index >= 15 is 0 Å². The van der Waals surface area contributed by atoms with Crippen molar-refractivity contribution in [1.29, 1.82) is 0 Å². The predicted octanol–water partition coefficient (Wildman–Crippen LogP) is 4.29. The van der Waals surface area contributed by atoms with Crippen LogP contribution in [0.4, 0.5) is 0 Å². The summed E-state index contributed by atoms with van der Waals surface area (Å²) in [6, 6.07) is 3.30. The molecular formula is C8H4Br2Cl2O. The Labute approximate surface area is 103 Å². The molecule has 0 amide bonds. The van der Waals surface area contributed by atoms with Crippen LogP contribution in [0.15, 0.2) is 21.1 Å². The van der Waals surface area contributed by atoms with Crippen molar-refractivity contribution in [1.82, 2.24) is 0 Å². The lowest BCUT2D eigenvalue weighted by atomic mass is 10.1. The van der Waals surface area contributed by atoms with Crippen molar-refractivity contribution in [2.24, 2.45) is 0 Å². The molecule has 5 heteroatoms. The van der Waals surface area contributed by atoms with Crippen molar-refractivity contribution in [3.8, 4) is 0 Å². The van der Waals surface area contributed by atoms with E-state index < -0.39 is 0 Å². The first-order valence-electron chi connectivity index (χ1n) is 3.30. The quantitative estimate of drug-likeness (QED) is 0.443.